The molecular formula is C17H19N5O2. The number of aromatic nitrogens is 3. The van der Waals surface area contributed by atoms with E-state index in [0.717, 1.165) is 5.56 Å². The Kier molecular flexibility index (Phi) is 4.43. The van der Waals surface area contributed by atoms with E-state index in [0.29, 0.717) is 16.9 Å². The van der Waals surface area contributed by atoms with Crippen LogP contribution in [0.2, 0.25) is 0 Å². The number of aliphatic hydroxyl groups is 1. The van der Waals surface area contributed by atoms with E-state index in [1.807, 2.05) is 31.2 Å². The van der Waals surface area contributed by atoms with Crippen molar-refractivity contribution in [2.75, 3.05) is 5.32 Å². The van der Waals surface area contributed by atoms with Gasteiger partial charge in [-0.1, -0.05) is 18.2 Å². The lowest BCUT2D eigenvalue weighted by Gasteiger charge is -2.21. The molecule has 0 aliphatic rings. The van der Waals surface area contributed by atoms with Crippen LogP contribution in [-0.2, 0) is 0 Å². The Hall–Kier alpha value is -2.93. The first-order valence-electron chi connectivity index (χ1n) is 7.64. The topological polar surface area (TPSA) is 91.5 Å². The second kappa shape index (κ2) is 6.67. The fourth-order valence-corrected chi connectivity index (χ4v) is 2.47. The Bertz CT molecular complexity index is 861. The van der Waals surface area contributed by atoms with Gasteiger partial charge in [0.15, 0.2) is 5.65 Å². The van der Waals surface area contributed by atoms with Crippen molar-refractivity contribution in [3.8, 4) is 0 Å². The lowest BCUT2D eigenvalue weighted by atomic mass is 10.1. The third kappa shape index (κ3) is 3.52. The Balaban J connectivity index is 1.64. The first-order chi connectivity index (χ1) is 11.5. The lowest BCUT2D eigenvalue weighted by molar-refractivity contribution is 0.138. The van der Waals surface area contributed by atoms with Gasteiger partial charge in [0, 0.05) is 17.4 Å². The van der Waals surface area contributed by atoms with Crippen molar-refractivity contribution in [3.63, 3.8) is 0 Å². The fraction of sp³-hybridized carbons (Fsp3) is 0.235. The zero-order chi connectivity index (χ0) is 17.1. The van der Waals surface area contributed by atoms with Gasteiger partial charge in [-0.2, -0.15) is 5.10 Å². The maximum Gasteiger partial charge on any atom is 0.319 e. The highest BCUT2D eigenvalue weighted by atomic mass is 16.3. The molecule has 2 aromatic heterocycles. The molecule has 2 amide bonds. The third-order valence-corrected chi connectivity index (χ3v) is 3.75. The van der Waals surface area contributed by atoms with Crippen LogP contribution in [0.3, 0.4) is 0 Å². The lowest BCUT2D eigenvalue weighted by Crippen LogP contribution is -2.39. The molecule has 2 atom stereocenters. The molecule has 0 aliphatic heterocycles. The van der Waals surface area contributed by atoms with Gasteiger partial charge in [-0.05, 0) is 37.6 Å². The summed E-state index contributed by atoms with van der Waals surface area (Å²) in [7, 11) is 0. The number of carbonyl (C=O) groups is 1. The quantitative estimate of drug-likeness (QED) is 0.686. The van der Waals surface area contributed by atoms with Gasteiger partial charge in [0.05, 0.1) is 6.04 Å². The Morgan fingerprint density at radius 2 is 2.12 bits per heavy atom. The monoisotopic (exact) mass is 325 g/mol. The Morgan fingerprint density at radius 1 is 1.29 bits per heavy atom. The summed E-state index contributed by atoms with van der Waals surface area (Å²) in [6, 6.07) is 10.2. The number of fused-ring (bicyclic) bond motifs is 1. The summed E-state index contributed by atoms with van der Waals surface area (Å²) in [5.41, 5.74) is 3.11. The van der Waals surface area contributed by atoms with Gasteiger partial charge in [-0.15, -0.1) is 0 Å². The zero-order valence-corrected chi connectivity index (χ0v) is 13.5. The highest BCUT2D eigenvalue weighted by molar-refractivity contribution is 5.89. The molecular weight excluding hydrogens is 306 g/mol. The molecule has 3 N–H and O–H groups in total. The van der Waals surface area contributed by atoms with Crippen molar-refractivity contribution in [1.82, 2.24) is 19.9 Å². The van der Waals surface area contributed by atoms with Crippen molar-refractivity contribution in [1.29, 1.82) is 0 Å². The number of benzene rings is 1. The normalized spacial score (nSPS) is 13.5. The molecule has 2 heterocycles. The highest BCUT2D eigenvalue weighted by Crippen LogP contribution is 2.17. The molecule has 24 heavy (non-hydrogen) atoms. The average molecular weight is 325 g/mol. The molecule has 3 rings (SSSR count). The molecule has 1 aromatic carbocycles. The number of hydrogen-bond acceptors (Lipinski definition) is 4. The minimum Gasteiger partial charge on any atom is -0.386 e. The second-order valence-corrected chi connectivity index (χ2v) is 5.73. The molecule has 0 spiro atoms. The number of nitrogens with zero attached hydrogens (tertiary/aromatic N) is 3. The zero-order valence-electron chi connectivity index (χ0n) is 13.5. The number of pyridine rings is 1. The molecule has 0 bridgehead atoms. The predicted molar refractivity (Wildman–Crippen MR) is 90.7 cm³/mol. The van der Waals surface area contributed by atoms with Gasteiger partial charge in [0.1, 0.15) is 12.4 Å². The van der Waals surface area contributed by atoms with Gasteiger partial charge in [-0.25, -0.2) is 14.3 Å². The second-order valence-electron chi connectivity index (χ2n) is 5.73. The summed E-state index contributed by atoms with van der Waals surface area (Å²) < 4.78 is 1.58. The predicted octanol–water partition coefficient (Wildman–Crippen LogP) is 2.28. The van der Waals surface area contributed by atoms with Crippen LogP contribution in [0, 0.1) is 6.92 Å². The number of aliphatic hydroxyl groups excluding tert-OH is 1. The fourth-order valence-electron chi connectivity index (χ4n) is 2.47. The summed E-state index contributed by atoms with van der Waals surface area (Å²) in [6.07, 6.45) is 2.29. The van der Waals surface area contributed by atoms with E-state index >= 15 is 0 Å². The van der Waals surface area contributed by atoms with Gasteiger partial charge in [0.2, 0.25) is 0 Å². The van der Waals surface area contributed by atoms with Crippen LogP contribution in [0.15, 0.2) is 48.9 Å². The largest absolute Gasteiger partial charge is 0.386 e. The maximum atomic E-state index is 12.1. The van der Waals surface area contributed by atoms with Crippen LogP contribution < -0.4 is 10.6 Å². The molecule has 3 aromatic rings. The van der Waals surface area contributed by atoms with Crippen LogP contribution in [0.5, 0.6) is 0 Å². The van der Waals surface area contributed by atoms with Gasteiger partial charge in [-0.3, -0.25) is 0 Å². The van der Waals surface area contributed by atoms with Crippen LogP contribution in [0.4, 0.5) is 10.5 Å². The molecule has 0 radical (unpaired) electrons. The number of carbonyl (C=O) groups excluding carboxylic acids is 1. The number of hydrogen-bond donors (Lipinski definition) is 3. The smallest absolute Gasteiger partial charge is 0.319 e. The summed E-state index contributed by atoms with van der Waals surface area (Å²) in [4.78, 5) is 16.1. The maximum absolute atomic E-state index is 12.1. The summed E-state index contributed by atoms with van der Waals surface area (Å²) in [6.45, 7) is 3.70. The summed E-state index contributed by atoms with van der Waals surface area (Å²) in [5, 5.41) is 20.0. The number of rotatable bonds is 4. The van der Waals surface area contributed by atoms with E-state index in [2.05, 4.69) is 20.7 Å². The van der Waals surface area contributed by atoms with E-state index in [4.69, 9.17) is 0 Å². The molecule has 0 saturated heterocycles. The number of aryl methyl sites for hydroxylation is 1. The van der Waals surface area contributed by atoms with Gasteiger partial charge >= 0.3 is 6.03 Å². The Morgan fingerprint density at radius 3 is 2.92 bits per heavy atom. The number of anilines is 1. The highest BCUT2D eigenvalue weighted by Gasteiger charge is 2.19. The standard InChI is InChI=1S/C17H19N5O2/c1-11-4-3-5-14(8-11)21-17(24)20-12(2)16(23)13-6-7-15-18-10-19-22(15)9-13/h3-10,12,16,23H,1-2H3,(H2,20,21,24)/t12-,16-/m1/s1. The number of nitrogens with one attached hydrogen (secondary N) is 2. The number of amides is 2. The van der Waals surface area contributed by atoms with Crippen molar-refractivity contribution in [2.24, 2.45) is 0 Å². The molecule has 0 saturated carbocycles. The van der Waals surface area contributed by atoms with Crippen LogP contribution in [-0.4, -0.2) is 31.8 Å². The first kappa shape index (κ1) is 15.9. The molecule has 124 valence electrons. The third-order valence-electron chi connectivity index (χ3n) is 3.75. The molecule has 7 nitrogen and oxygen atoms in total. The van der Waals surface area contributed by atoms with Crippen LogP contribution in [0.1, 0.15) is 24.2 Å². The van der Waals surface area contributed by atoms with Gasteiger partial charge in [0.25, 0.3) is 0 Å². The van der Waals surface area contributed by atoms with Crippen molar-refractivity contribution in [3.05, 3.63) is 60.0 Å². The van der Waals surface area contributed by atoms with Crippen LogP contribution >= 0.6 is 0 Å². The van der Waals surface area contributed by atoms with Crippen molar-refractivity contribution >= 4 is 17.4 Å². The van der Waals surface area contributed by atoms with E-state index in [1.54, 1.807) is 29.8 Å². The van der Waals surface area contributed by atoms with E-state index in [-0.39, 0.29) is 6.03 Å². The molecule has 0 unspecified atom stereocenters. The minimum atomic E-state index is -0.859. The van der Waals surface area contributed by atoms with Crippen molar-refractivity contribution < 1.29 is 9.90 Å². The average Bonchev–Trinajstić information content (AvgIpc) is 3.01. The Labute approximate surface area is 139 Å². The molecule has 7 heteroatoms. The SMILES string of the molecule is Cc1cccc(NC(=O)N[C@H](C)[C@@H](O)c2ccc3ncnn3c2)c1. The van der Waals surface area contributed by atoms with Crippen molar-refractivity contribution in [2.45, 2.75) is 26.0 Å². The van der Waals surface area contributed by atoms with E-state index < -0.39 is 12.1 Å². The molecule has 0 aliphatic carbocycles. The van der Waals surface area contributed by atoms with Gasteiger partial charge < -0.3 is 15.7 Å². The first-order valence-corrected chi connectivity index (χ1v) is 7.64. The van der Waals surface area contributed by atoms with Crippen LogP contribution in [0.25, 0.3) is 5.65 Å². The molecule has 0 fully saturated rings. The summed E-state index contributed by atoms with van der Waals surface area (Å²) in [5.74, 6) is 0. The summed E-state index contributed by atoms with van der Waals surface area (Å²) >= 11 is 0. The van der Waals surface area contributed by atoms with E-state index in [1.165, 1.54) is 6.33 Å². The number of urea groups is 1. The van der Waals surface area contributed by atoms with E-state index in [9.17, 15) is 9.90 Å². The minimum absolute atomic E-state index is 0.367.